The van der Waals surface area contributed by atoms with Gasteiger partial charge in [-0.1, -0.05) is 24.3 Å². The van der Waals surface area contributed by atoms with E-state index in [4.69, 9.17) is 10.7 Å². The molecule has 1 heterocycles. The highest BCUT2D eigenvalue weighted by Gasteiger charge is 2.21. The molecule has 0 atom stereocenters. The van der Waals surface area contributed by atoms with Crippen LogP contribution in [0.1, 0.15) is 12.0 Å². The van der Waals surface area contributed by atoms with Gasteiger partial charge in [-0.25, -0.2) is 8.42 Å². The van der Waals surface area contributed by atoms with Gasteiger partial charge in [0, 0.05) is 21.0 Å². The highest BCUT2D eigenvalue weighted by molar-refractivity contribution is 8.14. The zero-order valence-electron chi connectivity index (χ0n) is 9.52. The molecule has 2 aromatic rings. The van der Waals surface area contributed by atoms with Gasteiger partial charge in [0.25, 0.3) is 9.05 Å². The van der Waals surface area contributed by atoms with Crippen molar-refractivity contribution in [1.82, 2.24) is 0 Å². The van der Waals surface area contributed by atoms with E-state index in [1.54, 1.807) is 17.8 Å². The highest BCUT2D eigenvalue weighted by Crippen LogP contribution is 2.39. The first-order chi connectivity index (χ1) is 8.57. The van der Waals surface area contributed by atoms with Crippen molar-refractivity contribution < 1.29 is 8.42 Å². The molecule has 0 aromatic heterocycles. The Hall–Kier alpha value is -0.710. The first kappa shape index (κ1) is 12.3. The number of hydrogen-bond acceptors (Lipinski definition) is 3. The average Bonchev–Trinajstić information content (AvgIpc) is 2.37. The first-order valence-corrected chi connectivity index (χ1v) is 8.99. The Bertz CT molecular complexity index is 723. The van der Waals surface area contributed by atoms with E-state index in [0.717, 1.165) is 34.9 Å². The highest BCUT2D eigenvalue weighted by atomic mass is 35.7. The van der Waals surface area contributed by atoms with Gasteiger partial charge < -0.3 is 0 Å². The minimum absolute atomic E-state index is 0.237. The van der Waals surface area contributed by atoms with Crippen LogP contribution in [0.5, 0.6) is 0 Å². The van der Waals surface area contributed by atoms with Crippen LogP contribution in [0.2, 0.25) is 0 Å². The fourth-order valence-corrected chi connectivity index (χ4v) is 4.64. The molecule has 0 radical (unpaired) electrons. The van der Waals surface area contributed by atoms with Crippen LogP contribution in [0.4, 0.5) is 0 Å². The van der Waals surface area contributed by atoms with Gasteiger partial charge in [0.1, 0.15) is 0 Å². The van der Waals surface area contributed by atoms with Crippen molar-refractivity contribution in [2.24, 2.45) is 0 Å². The minimum atomic E-state index is -3.70. The fraction of sp³-hybridized carbons (Fsp3) is 0.231. The van der Waals surface area contributed by atoms with Crippen molar-refractivity contribution in [3.05, 3.63) is 35.9 Å². The largest absolute Gasteiger partial charge is 0.261 e. The third-order valence-corrected chi connectivity index (χ3v) is 5.76. The summed E-state index contributed by atoms with van der Waals surface area (Å²) >= 11 is 1.80. The smallest absolute Gasteiger partial charge is 0.207 e. The quantitative estimate of drug-likeness (QED) is 0.751. The first-order valence-electron chi connectivity index (χ1n) is 5.69. The third kappa shape index (κ3) is 2.02. The normalized spacial score (nSPS) is 15.6. The number of fused-ring (bicyclic) bond motifs is 3. The summed E-state index contributed by atoms with van der Waals surface area (Å²) < 4.78 is 23.4. The Balaban J connectivity index is 2.45. The van der Waals surface area contributed by atoms with Crippen molar-refractivity contribution in [3.8, 4) is 0 Å². The van der Waals surface area contributed by atoms with E-state index in [9.17, 15) is 8.42 Å². The summed E-state index contributed by atoms with van der Waals surface area (Å²) in [7, 11) is 1.85. The van der Waals surface area contributed by atoms with Gasteiger partial charge in [0.15, 0.2) is 0 Å². The lowest BCUT2D eigenvalue weighted by molar-refractivity contribution is 0.610. The van der Waals surface area contributed by atoms with Gasteiger partial charge in [0.05, 0.1) is 4.90 Å². The SMILES string of the molecule is O=S(=O)(Cl)c1cc2c(c3ccccc13)SCCC2. The number of thioether (sulfide) groups is 1. The molecule has 1 aliphatic heterocycles. The van der Waals surface area contributed by atoms with Crippen LogP contribution in [-0.4, -0.2) is 14.2 Å². The number of hydrogen-bond donors (Lipinski definition) is 0. The summed E-state index contributed by atoms with van der Waals surface area (Å²) in [6, 6.07) is 9.31. The standard InChI is InChI=1S/C13H11ClO2S2/c14-18(15,16)12-8-9-4-3-7-17-13(9)11-6-2-1-5-10(11)12/h1-2,5-6,8H,3-4,7H2. The third-order valence-electron chi connectivity index (χ3n) is 3.13. The second-order valence-electron chi connectivity index (χ2n) is 4.30. The van der Waals surface area contributed by atoms with Crippen LogP contribution in [-0.2, 0) is 15.5 Å². The van der Waals surface area contributed by atoms with Gasteiger partial charge in [-0.3, -0.25) is 0 Å². The van der Waals surface area contributed by atoms with E-state index >= 15 is 0 Å². The van der Waals surface area contributed by atoms with E-state index < -0.39 is 9.05 Å². The van der Waals surface area contributed by atoms with Crippen molar-refractivity contribution in [3.63, 3.8) is 0 Å². The number of rotatable bonds is 1. The Kier molecular flexibility index (Phi) is 3.04. The maximum absolute atomic E-state index is 11.7. The Labute approximate surface area is 115 Å². The monoisotopic (exact) mass is 298 g/mol. The lowest BCUT2D eigenvalue weighted by atomic mass is 10.0. The van der Waals surface area contributed by atoms with Crippen LogP contribution >= 0.6 is 22.4 Å². The van der Waals surface area contributed by atoms with E-state index in [1.165, 1.54) is 4.90 Å². The molecule has 2 nitrogen and oxygen atoms in total. The van der Waals surface area contributed by atoms with E-state index in [1.807, 2.05) is 24.3 Å². The van der Waals surface area contributed by atoms with Crippen molar-refractivity contribution in [2.75, 3.05) is 5.75 Å². The Morgan fingerprint density at radius 2 is 1.89 bits per heavy atom. The molecule has 5 heteroatoms. The van der Waals surface area contributed by atoms with E-state index in [-0.39, 0.29) is 4.90 Å². The van der Waals surface area contributed by atoms with Crippen LogP contribution < -0.4 is 0 Å². The maximum atomic E-state index is 11.7. The lowest BCUT2D eigenvalue weighted by Gasteiger charge is -2.19. The minimum Gasteiger partial charge on any atom is -0.207 e. The number of halogens is 1. The van der Waals surface area contributed by atoms with Gasteiger partial charge >= 0.3 is 0 Å². The fourth-order valence-electron chi connectivity index (χ4n) is 2.37. The van der Waals surface area contributed by atoms with Crippen molar-refractivity contribution in [1.29, 1.82) is 0 Å². The zero-order valence-corrected chi connectivity index (χ0v) is 11.9. The summed E-state index contributed by atoms with van der Waals surface area (Å²) in [5, 5.41) is 1.72. The van der Waals surface area contributed by atoms with E-state index in [0.29, 0.717) is 0 Å². The Morgan fingerprint density at radius 1 is 1.17 bits per heavy atom. The molecule has 0 aliphatic carbocycles. The molecule has 94 valence electrons. The van der Waals surface area contributed by atoms with Gasteiger partial charge in [-0.2, -0.15) is 0 Å². The molecular formula is C13H11ClO2S2. The van der Waals surface area contributed by atoms with Gasteiger partial charge in [0.2, 0.25) is 0 Å². The molecular weight excluding hydrogens is 288 g/mol. The zero-order chi connectivity index (χ0) is 12.8. The van der Waals surface area contributed by atoms with Crippen molar-refractivity contribution in [2.45, 2.75) is 22.6 Å². The molecule has 0 unspecified atom stereocenters. The van der Waals surface area contributed by atoms with Gasteiger partial charge in [-0.15, -0.1) is 11.8 Å². The van der Waals surface area contributed by atoms with Crippen LogP contribution in [0.25, 0.3) is 10.8 Å². The second-order valence-corrected chi connectivity index (χ2v) is 7.94. The summed E-state index contributed by atoms with van der Waals surface area (Å²) in [6.45, 7) is 0. The maximum Gasteiger partial charge on any atom is 0.261 e. The molecule has 18 heavy (non-hydrogen) atoms. The predicted octanol–water partition coefficient (Wildman–Crippen LogP) is 3.81. The number of benzene rings is 2. The average molecular weight is 299 g/mol. The molecule has 2 aromatic carbocycles. The summed E-state index contributed by atoms with van der Waals surface area (Å²) in [5.74, 6) is 1.09. The molecule has 0 fully saturated rings. The molecule has 1 aliphatic rings. The van der Waals surface area contributed by atoms with E-state index in [2.05, 4.69) is 0 Å². The van der Waals surface area contributed by atoms with Crippen LogP contribution in [0.15, 0.2) is 40.1 Å². The molecule has 0 spiro atoms. The molecule has 0 amide bonds. The summed E-state index contributed by atoms with van der Waals surface area (Å²) in [6.07, 6.45) is 2.00. The topological polar surface area (TPSA) is 34.1 Å². The second kappa shape index (κ2) is 4.44. The molecule has 0 N–H and O–H groups in total. The Morgan fingerprint density at radius 3 is 2.61 bits per heavy atom. The molecule has 0 bridgehead atoms. The summed E-state index contributed by atoms with van der Waals surface area (Å²) in [5.41, 5.74) is 1.10. The number of aryl methyl sites for hydroxylation is 1. The van der Waals surface area contributed by atoms with Crippen LogP contribution in [0, 0.1) is 0 Å². The molecule has 0 saturated heterocycles. The van der Waals surface area contributed by atoms with Crippen molar-refractivity contribution >= 4 is 42.3 Å². The summed E-state index contributed by atoms with van der Waals surface area (Å²) in [4.78, 5) is 1.45. The molecule has 3 rings (SSSR count). The van der Waals surface area contributed by atoms with Gasteiger partial charge in [-0.05, 0) is 35.6 Å². The predicted molar refractivity (Wildman–Crippen MR) is 76.0 cm³/mol. The van der Waals surface area contributed by atoms with Crippen LogP contribution in [0.3, 0.4) is 0 Å². The molecule has 0 saturated carbocycles. The lowest BCUT2D eigenvalue weighted by Crippen LogP contribution is -2.03.